The highest BCUT2D eigenvalue weighted by atomic mass is 35.5. The van der Waals surface area contributed by atoms with Crippen molar-refractivity contribution in [1.29, 1.82) is 0 Å². The van der Waals surface area contributed by atoms with Gasteiger partial charge in [0.1, 0.15) is 0 Å². The van der Waals surface area contributed by atoms with Gasteiger partial charge in [-0.25, -0.2) is 0 Å². The lowest BCUT2D eigenvalue weighted by atomic mass is 10.1. The molecule has 1 aliphatic rings. The maximum atomic E-state index is 12.0. The van der Waals surface area contributed by atoms with Crippen LogP contribution in [0.5, 0.6) is 0 Å². The lowest BCUT2D eigenvalue weighted by Crippen LogP contribution is -2.36. The summed E-state index contributed by atoms with van der Waals surface area (Å²) in [6.07, 6.45) is 1.59. The molecule has 3 rings (SSSR count). The second-order valence-corrected chi connectivity index (χ2v) is 7.45. The van der Waals surface area contributed by atoms with Crippen molar-refractivity contribution in [2.45, 2.75) is 19.8 Å². The number of aryl methyl sites for hydroxylation is 2. The molecule has 0 atom stereocenters. The van der Waals surface area contributed by atoms with Crippen molar-refractivity contribution in [1.82, 2.24) is 5.32 Å². The van der Waals surface area contributed by atoms with Gasteiger partial charge in [-0.3, -0.25) is 9.59 Å². The van der Waals surface area contributed by atoms with Crippen LogP contribution in [0.15, 0.2) is 42.5 Å². The Labute approximate surface area is 176 Å². The minimum Gasteiger partial charge on any atom is -0.378 e. The van der Waals surface area contributed by atoms with Crippen molar-refractivity contribution in [3.63, 3.8) is 0 Å². The molecular weight excluding hydrogens is 390 g/mol. The molecule has 1 saturated heterocycles. The van der Waals surface area contributed by atoms with E-state index in [1.807, 2.05) is 6.92 Å². The number of nitrogens with zero attached hydrogens (tertiary/aromatic N) is 1. The predicted molar refractivity (Wildman–Crippen MR) is 116 cm³/mol. The van der Waals surface area contributed by atoms with Gasteiger partial charge in [0.25, 0.3) is 0 Å². The van der Waals surface area contributed by atoms with E-state index in [1.54, 1.807) is 18.2 Å². The third-order valence-electron chi connectivity index (χ3n) is 4.88. The van der Waals surface area contributed by atoms with E-state index in [0.717, 1.165) is 44.7 Å². The summed E-state index contributed by atoms with van der Waals surface area (Å²) < 4.78 is 5.38. The Morgan fingerprint density at radius 1 is 1.07 bits per heavy atom. The van der Waals surface area contributed by atoms with Gasteiger partial charge in [0, 0.05) is 36.0 Å². The lowest BCUT2D eigenvalue weighted by Gasteiger charge is -2.28. The van der Waals surface area contributed by atoms with Gasteiger partial charge in [0.05, 0.1) is 13.2 Å². The highest BCUT2D eigenvalue weighted by Crippen LogP contribution is 2.20. The second-order valence-electron chi connectivity index (χ2n) is 7.04. The fourth-order valence-corrected chi connectivity index (χ4v) is 3.31. The predicted octanol–water partition coefficient (Wildman–Crippen LogP) is 3.17. The molecule has 2 aromatic carbocycles. The standard InChI is InChI=1S/C22H26ClN3O3/c1-16-4-7-18(15-20(16)23)25-22(28)21(27)24-10-2-3-17-5-8-19(9-6-17)26-11-13-29-14-12-26/h4-9,15H,2-3,10-14H2,1H3,(H,24,27)(H,25,28). The number of carbonyl (C=O) groups excluding carboxylic acids is 2. The Bertz CT molecular complexity index is 849. The molecule has 1 aliphatic heterocycles. The zero-order valence-corrected chi connectivity index (χ0v) is 17.3. The normalized spacial score (nSPS) is 13.8. The number of carbonyl (C=O) groups is 2. The second kappa shape index (κ2) is 10.3. The number of amides is 2. The van der Waals surface area contributed by atoms with Crippen LogP contribution in [0, 0.1) is 6.92 Å². The van der Waals surface area contributed by atoms with Crippen LogP contribution in [0.4, 0.5) is 11.4 Å². The highest BCUT2D eigenvalue weighted by Gasteiger charge is 2.14. The van der Waals surface area contributed by atoms with Gasteiger partial charge in [0.15, 0.2) is 0 Å². The molecule has 1 heterocycles. The lowest BCUT2D eigenvalue weighted by molar-refractivity contribution is -0.136. The number of anilines is 2. The van der Waals surface area contributed by atoms with Crippen molar-refractivity contribution in [3.8, 4) is 0 Å². The van der Waals surface area contributed by atoms with Gasteiger partial charge in [-0.05, 0) is 55.2 Å². The van der Waals surface area contributed by atoms with E-state index >= 15 is 0 Å². The zero-order valence-electron chi connectivity index (χ0n) is 16.5. The van der Waals surface area contributed by atoms with Gasteiger partial charge in [-0.2, -0.15) is 0 Å². The van der Waals surface area contributed by atoms with E-state index in [0.29, 0.717) is 17.3 Å². The topological polar surface area (TPSA) is 70.7 Å². The van der Waals surface area contributed by atoms with Crippen LogP contribution < -0.4 is 15.5 Å². The molecule has 0 saturated carbocycles. The fraction of sp³-hybridized carbons (Fsp3) is 0.364. The Morgan fingerprint density at radius 2 is 1.79 bits per heavy atom. The van der Waals surface area contributed by atoms with Crippen molar-refractivity contribution in [2.24, 2.45) is 0 Å². The van der Waals surface area contributed by atoms with Crippen LogP contribution in [0.1, 0.15) is 17.5 Å². The third-order valence-corrected chi connectivity index (χ3v) is 5.28. The summed E-state index contributed by atoms with van der Waals surface area (Å²) in [5.41, 5.74) is 3.82. The number of halogens is 1. The molecule has 2 aromatic rings. The molecule has 6 nitrogen and oxygen atoms in total. The van der Waals surface area contributed by atoms with Crippen molar-refractivity contribution in [3.05, 3.63) is 58.6 Å². The molecule has 29 heavy (non-hydrogen) atoms. The molecule has 2 N–H and O–H groups in total. The molecule has 7 heteroatoms. The molecule has 154 valence electrons. The first-order valence-electron chi connectivity index (χ1n) is 9.80. The first-order chi connectivity index (χ1) is 14.0. The van der Waals surface area contributed by atoms with Crippen LogP contribution in [0.2, 0.25) is 5.02 Å². The molecular formula is C22H26ClN3O3. The number of ether oxygens (including phenoxy) is 1. The maximum Gasteiger partial charge on any atom is 0.313 e. The monoisotopic (exact) mass is 415 g/mol. The largest absolute Gasteiger partial charge is 0.378 e. The quantitative estimate of drug-likeness (QED) is 0.561. The smallest absolute Gasteiger partial charge is 0.313 e. The van der Waals surface area contributed by atoms with E-state index in [9.17, 15) is 9.59 Å². The molecule has 0 aromatic heterocycles. The van der Waals surface area contributed by atoms with E-state index < -0.39 is 11.8 Å². The van der Waals surface area contributed by atoms with Crippen LogP contribution >= 0.6 is 11.6 Å². The molecule has 0 radical (unpaired) electrons. The first-order valence-corrected chi connectivity index (χ1v) is 10.2. The summed E-state index contributed by atoms with van der Waals surface area (Å²) in [5.74, 6) is -1.34. The van der Waals surface area contributed by atoms with Crippen molar-refractivity contribution >= 4 is 34.8 Å². The number of hydrogen-bond donors (Lipinski definition) is 2. The molecule has 0 bridgehead atoms. The van der Waals surface area contributed by atoms with Gasteiger partial charge in [0.2, 0.25) is 0 Å². The van der Waals surface area contributed by atoms with E-state index in [-0.39, 0.29) is 0 Å². The van der Waals surface area contributed by atoms with Crippen LogP contribution in [-0.2, 0) is 20.7 Å². The summed E-state index contributed by atoms with van der Waals surface area (Å²) in [7, 11) is 0. The number of nitrogens with one attached hydrogen (secondary N) is 2. The zero-order chi connectivity index (χ0) is 20.6. The molecule has 1 fully saturated rings. The molecule has 0 aliphatic carbocycles. The van der Waals surface area contributed by atoms with Gasteiger partial charge in [-0.15, -0.1) is 0 Å². The van der Waals surface area contributed by atoms with Gasteiger partial charge in [-0.1, -0.05) is 29.8 Å². The highest BCUT2D eigenvalue weighted by molar-refractivity contribution is 6.39. The average Bonchev–Trinajstić information content (AvgIpc) is 2.74. The van der Waals surface area contributed by atoms with Crippen LogP contribution in [-0.4, -0.2) is 44.7 Å². The maximum absolute atomic E-state index is 12.0. The number of morpholine rings is 1. The molecule has 0 unspecified atom stereocenters. The summed E-state index contributed by atoms with van der Waals surface area (Å²) in [6.45, 7) is 5.69. The summed E-state index contributed by atoms with van der Waals surface area (Å²) in [4.78, 5) is 26.3. The Kier molecular flexibility index (Phi) is 7.49. The van der Waals surface area contributed by atoms with E-state index in [4.69, 9.17) is 16.3 Å². The van der Waals surface area contributed by atoms with E-state index in [1.165, 1.54) is 11.3 Å². The number of rotatable bonds is 6. The van der Waals surface area contributed by atoms with E-state index in [2.05, 4.69) is 39.8 Å². The summed E-state index contributed by atoms with van der Waals surface area (Å²) in [6, 6.07) is 13.6. The Hall–Kier alpha value is -2.57. The Morgan fingerprint density at radius 3 is 2.48 bits per heavy atom. The number of benzene rings is 2. The first kappa shape index (κ1) is 21.1. The Balaban J connectivity index is 1.38. The van der Waals surface area contributed by atoms with Gasteiger partial charge < -0.3 is 20.3 Å². The van der Waals surface area contributed by atoms with Crippen molar-refractivity contribution < 1.29 is 14.3 Å². The average molecular weight is 416 g/mol. The SMILES string of the molecule is Cc1ccc(NC(=O)C(=O)NCCCc2ccc(N3CCOCC3)cc2)cc1Cl. The minimum absolute atomic E-state index is 0.437. The number of hydrogen-bond acceptors (Lipinski definition) is 4. The third kappa shape index (κ3) is 6.21. The summed E-state index contributed by atoms with van der Waals surface area (Å²) >= 11 is 6.03. The summed E-state index contributed by atoms with van der Waals surface area (Å²) in [5, 5.41) is 5.76. The fourth-order valence-electron chi connectivity index (χ4n) is 3.13. The van der Waals surface area contributed by atoms with Gasteiger partial charge >= 0.3 is 11.8 Å². The van der Waals surface area contributed by atoms with Crippen LogP contribution in [0.3, 0.4) is 0 Å². The molecule has 0 spiro atoms. The minimum atomic E-state index is -0.695. The molecule has 2 amide bonds. The van der Waals surface area contributed by atoms with Crippen molar-refractivity contribution in [2.75, 3.05) is 43.1 Å². The van der Waals surface area contributed by atoms with Crippen LogP contribution in [0.25, 0.3) is 0 Å².